The first-order valence-corrected chi connectivity index (χ1v) is 11.8. The van der Waals surface area contributed by atoms with Crippen molar-refractivity contribution in [3.05, 3.63) is 0 Å². The van der Waals surface area contributed by atoms with Gasteiger partial charge in [0.1, 0.15) is 0 Å². The van der Waals surface area contributed by atoms with Crippen molar-refractivity contribution in [2.24, 2.45) is 0 Å². The van der Waals surface area contributed by atoms with Gasteiger partial charge in [0.2, 0.25) is 0 Å². The van der Waals surface area contributed by atoms with Crippen LogP contribution in [0.4, 0.5) is 0 Å². The highest BCUT2D eigenvalue weighted by atomic mass is 79.9. The minimum atomic E-state index is 0.560. The van der Waals surface area contributed by atoms with Crippen molar-refractivity contribution in [2.75, 3.05) is 0 Å². The fourth-order valence-electron chi connectivity index (χ4n) is 2.04. The zero-order valence-corrected chi connectivity index (χ0v) is 19.5. The van der Waals surface area contributed by atoms with Crippen LogP contribution in [0.5, 0.6) is 0 Å². The van der Waals surface area contributed by atoms with E-state index >= 15 is 0 Å². The van der Waals surface area contributed by atoms with E-state index in [2.05, 4.69) is 95.6 Å². The van der Waals surface area contributed by atoms with Gasteiger partial charge >= 0.3 is 0 Å². The van der Waals surface area contributed by atoms with Gasteiger partial charge < -0.3 is 0 Å². The highest BCUT2D eigenvalue weighted by Crippen LogP contribution is 2.34. The summed E-state index contributed by atoms with van der Waals surface area (Å²) < 4.78 is 0. The monoisotopic (exact) mass is 636 g/mol. The molecule has 0 radical (unpaired) electrons. The molecule has 1 aliphatic carbocycles. The van der Waals surface area contributed by atoms with E-state index in [-0.39, 0.29) is 0 Å². The minimum absolute atomic E-state index is 0.560. The van der Waals surface area contributed by atoms with Crippen LogP contribution in [0.1, 0.15) is 38.5 Å². The van der Waals surface area contributed by atoms with E-state index in [1.54, 1.807) is 0 Å². The molecular weight excluding hydrogens is 624 g/mol. The minimum Gasteiger partial charge on any atom is -0.0879 e. The van der Waals surface area contributed by atoms with E-state index in [4.69, 9.17) is 0 Å². The first kappa shape index (κ1) is 18.9. The Bertz CT molecular complexity index is 175. The predicted molar refractivity (Wildman–Crippen MR) is 104 cm³/mol. The average Bonchev–Trinajstić information content (AvgIpc) is 2.36. The van der Waals surface area contributed by atoms with Gasteiger partial charge in [0, 0.05) is 29.0 Å². The van der Waals surface area contributed by atoms with Crippen LogP contribution in [0.15, 0.2) is 0 Å². The van der Waals surface area contributed by atoms with Crippen molar-refractivity contribution in [1.29, 1.82) is 0 Å². The summed E-state index contributed by atoms with van der Waals surface area (Å²) in [5.74, 6) is 0. The van der Waals surface area contributed by atoms with E-state index in [1.165, 1.54) is 38.5 Å². The lowest BCUT2D eigenvalue weighted by Crippen LogP contribution is -2.25. The van der Waals surface area contributed by atoms with Crippen LogP contribution < -0.4 is 0 Å². The van der Waals surface area contributed by atoms with Crippen LogP contribution in [0, 0.1) is 0 Å². The van der Waals surface area contributed by atoms with Crippen LogP contribution >= 0.6 is 95.6 Å². The van der Waals surface area contributed by atoms with Crippen molar-refractivity contribution in [1.82, 2.24) is 0 Å². The molecule has 1 fully saturated rings. The smallest absolute Gasteiger partial charge is 0.0271 e. The third kappa shape index (κ3) is 6.76. The Kier molecular flexibility index (Phi) is 10.3. The lowest BCUT2D eigenvalue weighted by atomic mass is 10.0. The van der Waals surface area contributed by atoms with E-state index in [9.17, 15) is 0 Å². The van der Waals surface area contributed by atoms with E-state index in [0.29, 0.717) is 29.0 Å². The number of rotatable bonds is 0. The molecule has 0 aromatic carbocycles. The maximum Gasteiger partial charge on any atom is 0.0271 e. The molecular formula is C12H18Br6. The Morgan fingerprint density at radius 1 is 0.333 bits per heavy atom. The molecule has 0 nitrogen and oxygen atoms in total. The highest BCUT2D eigenvalue weighted by molar-refractivity contribution is 9.13. The summed E-state index contributed by atoms with van der Waals surface area (Å²) in [6.07, 6.45) is 7.24. The van der Waals surface area contributed by atoms with E-state index < -0.39 is 0 Å². The zero-order chi connectivity index (χ0) is 13.7. The number of hydrogen-bond acceptors (Lipinski definition) is 0. The molecule has 0 unspecified atom stereocenters. The van der Waals surface area contributed by atoms with Gasteiger partial charge in [-0.3, -0.25) is 0 Å². The highest BCUT2D eigenvalue weighted by Gasteiger charge is 2.25. The Hall–Kier alpha value is 2.88. The predicted octanol–water partition coefficient (Wildman–Crippen LogP) is 6.92. The second-order valence-electron chi connectivity index (χ2n) is 4.83. The quantitative estimate of drug-likeness (QED) is 0.252. The first-order chi connectivity index (χ1) is 8.41. The van der Waals surface area contributed by atoms with Crippen LogP contribution in [-0.2, 0) is 0 Å². The van der Waals surface area contributed by atoms with Crippen molar-refractivity contribution in [2.45, 2.75) is 67.5 Å². The normalized spacial score (nSPS) is 45.0. The molecule has 108 valence electrons. The van der Waals surface area contributed by atoms with Crippen LogP contribution in [0.25, 0.3) is 0 Å². The van der Waals surface area contributed by atoms with Gasteiger partial charge in [0.25, 0.3) is 0 Å². The molecule has 0 aromatic heterocycles. The fraction of sp³-hybridized carbons (Fsp3) is 1.00. The molecule has 1 rings (SSSR count). The SMILES string of the molecule is Br[C@@H]1CC[C@@H](Br)[C@H](Br)CC[C@@H](Br)[C@H](Br)CC[C@H]1Br. The number of hydrogen-bond donors (Lipinski definition) is 0. The molecule has 1 aliphatic rings. The molecule has 0 saturated heterocycles. The van der Waals surface area contributed by atoms with Crippen molar-refractivity contribution in [3.8, 4) is 0 Å². The number of alkyl halides is 6. The summed E-state index contributed by atoms with van der Waals surface area (Å²) in [5, 5.41) is 0. The first-order valence-electron chi connectivity index (χ1n) is 6.26. The molecule has 0 bridgehead atoms. The average molecular weight is 642 g/mol. The van der Waals surface area contributed by atoms with Gasteiger partial charge in [-0.05, 0) is 38.5 Å². The van der Waals surface area contributed by atoms with Gasteiger partial charge in [-0.25, -0.2) is 0 Å². The summed E-state index contributed by atoms with van der Waals surface area (Å²) in [4.78, 5) is 3.36. The Balaban J connectivity index is 2.61. The summed E-state index contributed by atoms with van der Waals surface area (Å²) in [6.45, 7) is 0. The molecule has 0 aromatic rings. The van der Waals surface area contributed by atoms with Crippen molar-refractivity contribution < 1.29 is 0 Å². The van der Waals surface area contributed by atoms with Crippen molar-refractivity contribution in [3.63, 3.8) is 0 Å². The Labute approximate surface area is 161 Å². The summed E-state index contributed by atoms with van der Waals surface area (Å²) in [7, 11) is 0. The molecule has 0 amide bonds. The lowest BCUT2D eigenvalue weighted by molar-refractivity contribution is 0.557. The number of halogens is 6. The van der Waals surface area contributed by atoms with Gasteiger partial charge in [-0.1, -0.05) is 95.6 Å². The summed E-state index contributed by atoms with van der Waals surface area (Å²) in [6, 6.07) is 0. The molecule has 0 heterocycles. The maximum atomic E-state index is 3.82. The molecule has 0 aliphatic heterocycles. The molecule has 6 heteroatoms. The Morgan fingerprint density at radius 3 is 0.556 bits per heavy atom. The second kappa shape index (κ2) is 9.81. The molecule has 6 atom stereocenters. The van der Waals surface area contributed by atoms with Gasteiger partial charge in [-0.15, -0.1) is 0 Å². The van der Waals surface area contributed by atoms with Crippen LogP contribution in [0.3, 0.4) is 0 Å². The van der Waals surface area contributed by atoms with Crippen LogP contribution in [-0.4, -0.2) is 29.0 Å². The molecule has 0 N–H and O–H groups in total. The largest absolute Gasteiger partial charge is 0.0879 e. The van der Waals surface area contributed by atoms with Crippen LogP contribution in [0.2, 0.25) is 0 Å². The summed E-state index contributed by atoms with van der Waals surface area (Å²) >= 11 is 22.9. The van der Waals surface area contributed by atoms with Gasteiger partial charge in [-0.2, -0.15) is 0 Å². The third-order valence-electron chi connectivity index (χ3n) is 3.33. The Morgan fingerprint density at radius 2 is 0.444 bits per heavy atom. The second-order valence-corrected chi connectivity index (χ2v) is 11.9. The fourth-order valence-corrected chi connectivity index (χ4v) is 5.21. The molecule has 1 saturated carbocycles. The topological polar surface area (TPSA) is 0 Å². The van der Waals surface area contributed by atoms with Gasteiger partial charge in [0.05, 0.1) is 0 Å². The maximum absolute atomic E-state index is 3.82. The van der Waals surface area contributed by atoms with E-state index in [0.717, 1.165) is 0 Å². The zero-order valence-electron chi connectivity index (χ0n) is 9.97. The molecule has 18 heavy (non-hydrogen) atoms. The molecule has 0 spiro atoms. The van der Waals surface area contributed by atoms with E-state index in [1.807, 2.05) is 0 Å². The standard InChI is InChI=1S/C12H18Br6/c13-7-1-2-8(14)10(16)5-6-12(18)11(17)4-3-9(7)15/h7-12H,1-6H2/t7-,8-,9-,10-,11-,12-/m1/s1. The van der Waals surface area contributed by atoms with Crippen molar-refractivity contribution >= 4 is 95.6 Å². The summed E-state index contributed by atoms with van der Waals surface area (Å²) in [5.41, 5.74) is 0. The lowest BCUT2D eigenvalue weighted by Gasteiger charge is -2.25. The third-order valence-corrected chi connectivity index (χ3v) is 12.0. The van der Waals surface area contributed by atoms with Gasteiger partial charge in [0.15, 0.2) is 0 Å².